The van der Waals surface area contributed by atoms with Crippen LogP contribution in [0.15, 0.2) is 29.3 Å². The largest absolute Gasteiger partial charge is 0.357 e. The summed E-state index contributed by atoms with van der Waals surface area (Å²) >= 11 is 6.15. The number of hydrogen-bond acceptors (Lipinski definition) is 2. The summed E-state index contributed by atoms with van der Waals surface area (Å²) in [4.78, 5) is 6.96. The van der Waals surface area contributed by atoms with Crippen molar-refractivity contribution in [3.05, 3.63) is 34.9 Å². The summed E-state index contributed by atoms with van der Waals surface area (Å²) in [6.45, 7) is 11.9. The standard InChI is InChI=1S/C16H27ClN4/c1-4-18-16(19-11-12-21(5-2)6-3)20-13-14-9-7-8-10-15(14)17/h7-10H,4-6,11-13H2,1-3H3,(H2,18,19,20). The molecule has 0 aliphatic heterocycles. The molecule has 21 heavy (non-hydrogen) atoms. The quantitative estimate of drug-likeness (QED) is 0.573. The van der Waals surface area contributed by atoms with E-state index in [-0.39, 0.29) is 0 Å². The molecule has 0 aromatic heterocycles. The van der Waals surface area contributed by atoms with Crippen LogP contribution in [0.2, 0.25) is 5.02 Å². The van der Waals surface area contributed by atoms with Gasteiger partial charge < -0.3 is 15.5 Å². The first-order valence-corrected chi connectivity index (χ1v) is 8.06. The lowest BCUT2D eigenvalue weighted by Crippen LogP contribution is -2.41. The molecule has 1 aromatic carbocycles. The van der Waals surface area contributed by atoms with Crippen molar-refractivity contribution in [2.24, 2.45) is 4.99 Å². The van der Waals surface area contributed by atoms with Crippen molar-refractivity contribution in [1.82, 2.24) is 15.5 Å². The predicted octanol–water partition coefficient (Wildman–Crippen LogP) is 2.74. The number of aliphatic imine (C=N–C) groups is 1. The molecule has 1 aromatic rings. The number of nitrogens with zero attached hydrogens (tertiary/aromatic N) is 2. The third kappa shape index (κ3) is 6.82. The predicted molar refractivity (Wildman–Crippen MR) is 92.1 cm³/mol. The van der Waals surface area contributed by atoms with Crippen molar-refractivity contribution in [1.29, 1.82) is 0 Å². The van der Waals surface area contributed by atoms with Crippen LogP contribution < -0.4 is 10.6 Å². The lowest BCUT2D eigenvalue weighted by molar-refractivity contribution is 0.308. The van der Waals surface area contributed by atoms with Crippen LogP contribution in [-0.2, 0) is 6.54 Å². The average Bonchev–Trinajstić information content (AvgIpc) is 2.50. The Kier molecular flexibility index (Phi) is 8.87. The summed E-state index contributed by atoms with van der Waals surface area (Å²) in [5, 5.41) is 7.39. The molecule has 0 fully saturated rings. The third-order valence-corrected chi connectivity index (χ3v) is 3.69. The highest BCUT2D eigenvalue weighted by Gasteiger charge is 2.02. The van der Waals surface area contributed by atoms with Crippen LogP contribution in [0.1, 0.15) is 26.3 Å². The fraction of sp³-hybridized carbons (Fsp3) is 0.562. The summed E-state index contributed by atoms with van der Waals surface area (Å²) in [6.07, 6.45) is 0. The fourth-order valence-corrected chi connectivity index (χ4v) is 2.20. The molecular formula is C16H27ClN4. The molecule has 0 atom stereocenters. The number of benzene rings is 1. The van der Waals surface area contributed by atoms with Crippen molar-refractivity contribution < 1.29 is 0 Å². The maximum absolute atomic E-state index is 6.15. The third-order valence-electron chi connectivity index (χ3n) is 3.32. The highest BCUT2D eigenvalue weighted by Crippen LogP contribution is 2.15. The maximum atomic E-state index is 6.15. The van der Waals surface area contributed by atoms with Gasteiger partial charge in [-0.2, -0.15) is 0 Å². The molecule has 4 nitrogen and oxygen atoms in total. The van der Waals surface area contributed by atoms with Crippen molar-refractivity contribution in [3.63, 3.8) is 0 Å². The van der Waals surface area contributed by atoms with Gasteiger partial charge in [-0.3, -0.25) is 0 Å². The van der Waals surface area contributed by atoms with E-state index in [2.05, 4.69) is 41.3 Å². The molecule has 2 N–H and O–H groups in total. The summed E-state index contributed by atoms with van der Waals surface area (Å²) < 4.78 is 0. The van der Waals surface area contributed by atoms with Gasteiger partial charge >= 0.3 is 0 Å². The van der Waals surface area contributed by atoms with Gasteiger partial charge in [0.05, 0.1) is 6.54 Å². The number of likely N-dealkylation sites (N-methyl/N-ethyl adjacent to an activating group) is 1. The zero-order valence-electron chi connectivity index (χ0n) is 13.3. The first-order valence-electron chi connectivity index (χ1n) is 7.69. The summed E-state index contributed by atoms with van der Waals surface area (Å²) in [5.41, 5.74) is 1.04. The summed E-state index contributed by atoms with van der Waals surface area (Å²) in [5.74, 6) is 0.838. The van der Waals surface area contributed by atoms with Gasteiger partial charge in [0.15, 0.2) is 5.96 Å². The zero-order valence-corrected chi connectivity index (χ0v) is 14.1. The van der Waals surface area contributed by atoms with Crippen molar-refractivity contribution >= 4 is 17.6 Å². The molecule has 0 saturated heterocycles. The Bertz CT molecular complexity index is 430. The minimum Gasteiger partial charge on any atom is -0.357 e. The van der Waals surface area contributed by atoms with E-state index in [1.807, 2.05) is 24.3 Å². The molecule has 0 spiro atoms. The molecule has 0 aliphatic carbocycles. The molecule has 0 amide bonds. The molecule has 0 radical (unpaired) electrons. The van der Waals surface area contributed by atoms with Crippen molar-refractivity contribution in [2.75, 3.05) is 32.7 Å². The maximum Gasteiger partial charge on any atom is 0.191 e. The van der Waals surface area contributed by atoms with Gasteiger partial charge in [-0.25, -0.2) is 4.99 Å². The Labute approximate surface area is 133 Å². The van der Waals surface area contributed by atoms with E-state index in [1.54, 1.807) is 0 Å². The monoisotopic (exact) mass is 310 g/mol. The number of guanidine groups is 1. The molecule has 0 bridgehead atoms. The van der Waals surface area contributed by atoms with Crippen LogP contribution in [0.25, 0.3) is 0 Å². The molecule has 0 heterocycles. The fourth-order valence-electron chi connectivity index (χ4n) is 2.00. The van der Waals surface area contributed by atoms with Gasteiger partial charge in [0.25, 0.3) is 0 Å². The van der Waals surface area contributed by atoms with Gasteiger partial charge in [0, 0.05) is 24.7 Å². The minimum absolute atomic E-state index is 0.584. The van der Waals surface area contributed by atoms with Crippen LogP contribution in [0.3, 0.4) is 0 Å². The lowest BCUT2D eigenvalue weighted by atomic mass is 10.2. The van der Waals surface area contributed by atoms with Crippen LogP contribution in [0.5, 0.6) is 0 Å². The summed E-state index contributed by atoms with van der Waals surface area (Å²) in [7, 11) is 0. The highest BCUT2D eigenvalue weighted by molar-refractivity contribution is 6.31. The molecule has 118 valence electrons. The number of nitrogens with one attached hydrogen (secondary N) is 2. The Morgan fingerprint density at radius 2 is 1.86 bits per heavy atom. The second-order valence-corrected chi connectivity index (χ2v) is 5.15. The van der Waals surface area contributed by atoms with Gasteiger partial charge in [0.1, 0.15) is 0 Å². The highest BCUT2D eigenvalue weighted by atomic mass is 35.5. The number of hydrogen-bond donors (Lipinski definition) is 2. The average molecular weight is 311 g/mol. The first-order chi connectivity index (χ1) is 10.2. The molecule has 0 aliphatic rings. The molecule has 5 heteroatoms. The minimum atomic E-state index is 0.584. The zero-order chi connectivity index (χ0) is 15.5. The second kappa shape index (κ2) is 10.5. The van der Waals surface area contributed by atoms with Crippen molar-refractivity contribution in [2.45, 2.75) is 27.3 Å². The van der Waals surface area contributed by atoms with E-state index >= 15 is 0 Å². The number of rotatable bonds is 8. The lowest BCUT2D eigenvalue weighted by Gasteiger charge is -2.19. The van der Waals surface area contributed by atoms with E-state index in [0.717, 1.165) is 49.3 Å². The van der Waals surface area contributed by atoms with Gasteiger partial charge in [-0.15, -0.1) is 0 Å². The van der Waals surface area contributed by atoms with E-state index in [9.17, 15) is 0 Å². The second-order valence-electron chi connectivity index (χ2n) is 4.74. The Balaban J connectivity index is 2.52. The van der Waals surface area contributed by atoms with Crippen molar-refractivity contribution in [3.8, 4) is 0 Å². The van der Waals surface area contributed by atoms with Gasteiger partial charge in [-0.1, -0.05) is 43.6 Å². The van der Waals surface area contributed by atoms with E-state index in [4.69, 9.17) is 11.6 Å². The molecule has 0 unspecified atom stereocenters. The summed E-state index contributed by atoms with van der Waals surface area (Å²) in [6, 6.07) is 7.82. The first kappa shape index (κ1) is 17.8. The van der Waals surface area contributed by atoms with E-state index < -0.39 is 0 Å². The normalized spacial score (nSPS) is 11.8. The molecule has 0 saturated carbocycles. The molecule has 1 rings (SSSR count). The SMILES string of the molecule is CCNC(=NCc1ccccc1Cl)NCCN(CC)CC. The van der Waals surface area contributed by atoms with E-state index in [0.29, 0.717) is 6.54 Å². The number of halogens is 1. The van der Waals surface area contributed by atoms with Gasteiger partial charge in [-0.05, 0) is 31.6 Å². The van der Waals surface area contributed by atoms with E-state index in [1.165, 1.54) is 0 Å². The topological polar surface area (TPSA) is 39.7 Å². The Morgan fingerprint density at radius 1 is 1.14 bits per heavy atom. The van der Waals surface area contributed by atoms with Crippen LogP contribution >= 0.6 is 11.6 Å². The van der Waals surface area contributed by atoms with Crippen LogP contribution in [-0.4, -0.2) is 43.6 Å². The molecular weight excluding hydrogens is 284 g/mol. The van der Waals surface area contributed by atoms with Crippen LogP contribution in [0, 0.1) is 0 Å². The van der Waals surface area contributed by atoms with Crippen LogP contribution in [0.4, 0.5) is 0 Å². The van der Waals surface area contributed by atoms with Gasteiger partial charge in [0.2, 0.25) is 0 Å². The smallest absolute Gasteiger partial charge is 0.191 e. The Hall–Kier alpha value is -1.26. The Morgan fingerprint density at radius 3 is 2.48 bits per heavy atom.